The minimum atomic E-state index is 0. The highest BCUT2D eigenvalue weighted by Gasteiger charge is 1.81. The van der Waals surface area contributed by atoms with E-state index in [4.69, 9.17) is 0 Å². The summed E-state index contributed by atoms with van der Waals surface area (Å²) in [6, 6.07) is 3.50. The van der Waals surface area contributed by atoms with E-state index < -0.39 is 0 Å². The van der Waals surface area contributed by atoms with Crippen molar-refractivity contribution in [3.63, 3.8) is 0 Å². The zero-order chi connectivity index (χ0) is 5.11. The maximum absolute atomic E-state index is 9.84. The first-order valence-corrected chi connectivity index (χ1v) is 2.02. The molecule has 2 nitrogen and oxygen atoms in total. The van der Waals surface area contributed by atoms with Gasteiger partial charge in [-0.2, -0.15) is 0 Å². The number of aromatic nitrogens is 1. The predicted molar refractivity (Wildman–Crippen MR) is 31.9 cm³/mol. The Morgan fingerprint density at radius 1 is 1.62 bits per heavy atom. The molecule has 0 unspecified atom stereocenters. The number of H-pyrrole nitrogens is 1. The Morgan fingerprint density at radius 2 is 2.38 bits per heavy atom. The monoisotopic (exact) mass is 123 g/mol. The lowest BCUT2D eigenvalue weighted by Gasteiger charge is -1.70. The van der Waals surface area contributed by atoms with Gasteiger partial charge >= 0.3 is 0 Å². The summed E-state index contributed by atoms with van der Waals surface area (Å²) in [7, 11) is 0. The van der Waals surface area contributed by atoms with Gasteiger partial charge in [0.2, 0.25) is 0 Å². The van der Waals surface area contributed by atoms with Gasteiger partial charge in [0.05, 0.1) is 5.69 Å². The Hall–Kier alpha value is -0.833. The molecule has 1 rings (SSSR count). The van der Waals surface area contributed by atoms with Gasteiger partial charge in [-0.15, -0.1) is 0 Å². The summed E-state index contributed by atoms with van der Waals surface area (Å²) in [5.41, 5.74) is 0.625. The van der Waals surface area contributed by atoms with Gasteiger partial charge in [0, 0.05) is 17.2 Å². The molecule has 1 N–H and O–H groups in total. The van der Waals surface area contributed by atoms with Crippen molar-refractivity contribution in [3.8, 4) is 0 Å². The maximum atomic E-state index is 9.84. The Kier molecular flexibility index (Phi) is 2.87. The van der Waals surface area contributed by atoms with Crippen LogP contribution in [0.3, 0.4) is 0 Å². The van der Waals surface area contributed by atoms with Crippen LogP contribution in [0.25, 0.3) is 0 Å². The Morgan fingerprint density at radius 3 is 2.62 bits per heavy atom. The fourth-order valence-electron chi connectivity index (χ4n) is 0.418. The average Bonchev–Trinajstić information content (AvgIpc) is 2.14. The van der Waals surface area contributed by atoms with Gasteiger partial charge in [-0.3, -0.25) is 4.79 Å². The quantitative estimate of drug-likeness (QED) is 0.426. The number of carbonyl (C=O) groups excluding carboxylic acids is 1. The molecule has 0 spiro atoms. The molecule has 0 saturated heterocycles. The predicted octanol–water partition coefficient (Wildman–Crippen LogP) is 0.446. The van der Waals surface area contributed by atoms with Crippen molar-refractivity contribution in [2.75, 3.05) is 0 Å². The second-order valence-corrected chi connectivity index (χ2v) is 1.24. The van der Waals surface area contributed by atoms with Crippen molar-refractivity contribution < 1.29 is 4.79 Å². The van der Waals surface area contributed by atoms with Crippen molar-refractivity contribution >= 4 is 17.3 Å². The molecule has 8 heavy (non-hydrogen) atoms. The van der Waals surface area contributed by atoms with Crippen LogP contribution in [-0.2, 0) is 0 Å². The highest BCUT2D eigenvalue weighted by Crippen LogP contribution is 1.85. The summed E-state index contributed by atoms with van der Waals surface area (Å²) in [6.45, 7) is 0. The Labute approximate surface area is 51.9 Å². The number of hydrogen-bond acceptors (Lipinski definition) is 1. The third kappa shape index (κ3) is 1.35. The molecule has 0 aromatic carbocycles. The summed E-state index contributed by atoms with van der Waals surface area (Å²) in [6.07, 6.45) is 2.49. The van der Waals surface area contributed by atoms with E-state index in [0.717, 1.165) is 6.29 Å². The highest BCUT2D eigenvalue weighted by molar-refractivity contribution is 5.75. The smallest absolute Gasteiger partial charge is 0.166 e. The van der Waals surface area contributed by atoms with Crippen LogP contribution in [0.1, 0.15) is 10.5 Å². The molecule has 0 bridgehead atoms. The molecule has 0 aliphatic carbocycles. The second-order valence-electron chi connectivity index (χ2n) is 1.24. The summed E-state index contributed by atoms with van der Waals surface area (Å²) >= 11 is 0. The van der Waals surface area contributed by atoms with Gasteiger partial charge in [0.1, 0.15) is 0 Å². The number of rotatable bonds is 1. The summed E-state index contributed by atoms with van der Waals surface area (Å²) < 4.78 is 0. The molecule has 0 amide bonds. The van der Waals surface area contributed by atoms with Crippen LogP contribution in [0.4, 0.5) is 0 Å². The van der Waals surface area contributed by atoms with Crippen LogP contribution >= 0.6 is 0 Å². The topological polar surface area (TPSA) is 32.9 Å². The number of carbonyl (C=O) groups is 1. The minimum absolute atomic E-state index is 0. The fourth-order valence-corrected chi connectivity index (χ4v) is 0.418. The van der Waals surface area contributed by atoms with Crippen LogP contribution in [0.15, 0.2) is 18.3 Å². The van der Waals surface area contributed by atoms with Crippen molar-refractivity contribution in [2.24, 2.45) is 0 Å². The van der Waals surface area contributed by atoms with Crippen LogP contribution < -0.4 is 0 Å². The van der Waals surface area contributed by atoms with Crippen LogP contribution in [0, 0.1) is 0 Å². The normalized spacial score (nSPS) is 7.50. The maximum Gasteiger partial charge on any atom is 0.166 e. The summed E-state index contributed by atoms with van der Waals surface area (Å²) in [5, 5.41) is 0. The van der Waals surface area contributed by atoms with Crippen LogP contribution in [0.2, 0.25) is 0 Å². The zero-order valence-electron chi connectivity index (χ0n) is 4.22. The fraction of sp³-hybridized carbons (Fsp3) is 0. The molecule has 0 saturated carbocycles. The Balaban J connectivity index is 0.000000490. The second kappa shape index (κ2) is 3.21. The molecule has 4 radical (unpaired) electrons. The van der Waals surface area contributed by atoms with Crippen LogP contribution in [-0.4, -0.2) is 22.2 Å². The minimum Gasteiger partial charge on any atom is -0.359 e. The standard InChI is InChI=1S/C5H5NO.Si/c7-4-5-2-1-3-6-5;/h1-4,6H;. The van der Waals surface area contributed by atoms with Gasteiger partial charge in [-0.25, -0.2) is 0 Å². The lowest BCUT2D eigenvalue weighted by molar-refractivity contribution is 0.111. The summed E-state index contributed by atoms with van der Waals surface area (Å²) in [5.74, 6) is 0. The molecule has 1 heterocycles. The molecule has 1 aromatic heterocycles. The van der Waals surface area contributed by atoms with E-state index in [2.05, 4.69) is 4.98 Å². The highest BCUT2D eigenvalue weighted by atomic mass is 28.1. The Bertz CT molecular complexity index is 147. The van der Waals surface area contributed by atoms with E-state index in [-0.39, 0.29) is 11.0 Å². The third-order valence-electron chi connectivity index (χ3n) is 0.749. The molecule has 40 valence electrons. The SMILES string of the molecule is O=Cc1ccc[nH]1.[Si]. The lowest BCUT2D eigenvalue weighted by atomic mass is 10.5. The first-order chi connectivity index (χ1) is 3.43. The van der Waals surface area contributed by atoms with Crippen molar-refractivity contribution in [1.82, 2.24) is 4.98 Å². The van der Waals surface area contributed by atoms with E-state index in [1.165, 1.54) is 0 Å². The zero-order valence-corrected chi connectivity index (χ0v) is 5.22. The number of aromatic amines is 1. The van der Waals surface area contributed by atoms with E-state index in [1.807, 2.05) is 0 Å². The first-order valence-electron chi connectivity index (χ1n) is 2.02. The van der Waals surface area contributed by atoms with Gasteiger partial charge in [0.15, 0.2) is 6.29 Å². The van der Waals surface area contributed by atoms with E-state index in [0.29, 0.717) is 5.69 Å². The number of nitrogens with one attached hydrogen (secondary N) is 1. The van der Waals surface area contributed by atoms with Crippen molar-refractivity contribution in [2.45, 2.75) is 0 Å². The largest absolute Gasteiger partial charge is 0.359 e. The molecule has 3 heteroatoms. The molecular formula is C5H5NOSi. The molecule has 0 aliphatic heterocycles. The van der Waals surface area contributed by atoms with Gasteiger partial charge in [0.25, 0.3) is 0 Å². The molecule has 0 aliphatic rings. The van der Waals surface area contributed by atoms with Crippen molar-refractivity contribution in [1.29, 1.82) is 0 Å². The van der Waals surface area contributed by atoms with Crippen LogP contribution in [0.5, 0.6) is 0 Å². The van der Waals surface area contributed by atoms with Crippen molar-refractivity contribution in [3.05, 3.63) is 24.0 Å². The van der Waals surface area contributed by atoms with Gasteiger partial charge in [-0.1, -0.05) is 0 Å². The van der Waals surface area contributed by atoms with E-state index >= 15 is 0 Å². The molecule has 0 fully saturated rings. The van der Waals surface area contributed by atoms with E-state index in [9.17, 15) is 4.79 Å². The van der Waals surface area contributed by atoms with Gasteiger partial charge < -0.3 is 4.98 Å². The number of hydrogen-bond donors (Lipinski definition) is 1. The average molecular weight is 123 g/mol. The lowest BCUT2D eigenvalue weighted by Crippen LogP contribution is -1.72. The summed E-state index contributed by atoms with van der Waals surface area (Å²) in [4.78, 5) is 12.6. The molecule has 1 aromatic rings. The van der Waals surface area contributed by atoms with Gasteiger partial charge in [-0.05, 0) is 12.1 Å². The molecular weight excluding hydrogens is 118 g/mol. The first kappa shape index (κ1) is 7.17. The molecule has 0 atom stereocenters. The number of aldehydes is 1. The third-order valence-corrected chi connectivity index (χ3v) is 0.749. The van der Waals surface area contributed by atoms with E-state index in [1.54, 1.807) is 18.3 Å².